The Bertz CT molecular complexity index is 1110. The van der Waals surface area contributed by atoms with Crippen LogP contribution in [0.2, 0.25) is 0 Å². The molecular formula is C20H14BrFN4O. The average Bonchev–Trinajstić information content (AvgIpc) is 3.06. The molecule has 0 fully saturated rings. The first-order chi connectivity index (χ1) is 13.0. The SMILES string of the molecule is Cc1ccc(-c2[nH]nc3c2[C@@H](c2cc(Br)ccc2F)C(C#N)=C(N)O3)cc1. The van der Waals surface area contributed by atoms with E-state index in [4.69, 9.17) is 10.5 Å². The van der Waals surface area contributed by atoms with Crippen LogP contribution in [0.3, 0.4) is 0 Å². The van der Waals surface area contributed by atoms with Crippen LogP contribution in [0.1, 0.15) is 22.6 Å². The van der Waals surface area contributed by atoms with Gasteiger partial charge in [0.1, 0.15) is 17.5 Å². The van der Waals surface area contributed by atoms with E-state index in [0.29, 0.717) is 21.3 Å². The number of aryl methyl sites for hydroxylation is 1. The van der Waals surface area contributed by atoms with E-state index in [9.17, 15) is 9.65 Å². The second kappa shape index (κ2) is 6.56. The Morgan fingerprint density at radius 1 is 1.26 bits per heavy atom. The van der Waals surface area contributed by atoms with Crippen LogP contribution in [0.5, 0.6) is 5.88 Å². The molecule has 1 atom stereocenters. The summed E-state index contributed by atoms with van der Waals surface area (Å²) < 4.78 is 21.0. The fourth-order valence-electron chi connectivity index (χ4n) is 3.23. The van der Waals surface area contributed by atoms with E-state index < -0.39 is 11.7 Å². The van der Waals surface area contributed by atoms with Gasteiger partial charge in [-0.1, -0.05) is 45.8 Å². The van der Waals surface area contributed by atoms with Crippen molar-refractivity contribution in [2.75, 3.05) is 0 Å². The lowest BCUT2D eigenvalue weighted by molar-refractivity contribution is 0.378. The molecule has 1 aromatic heterocycles. The van der Waals surface area contributed by atoms with Gasteiger partial charge < -0.3 is 10.5 Å². The standard InChI is InChI=1S/C20H14BrFN4O/c1-10-2-4-11(5-3-10)18-17-16(13-8-12(21)6-7-15(13)22)14(9-23)19(24)27-20(17)26-25-18/h2-8,16H,24H2,1H3,(H,25,26)/t16-/m0/s1. The van der Waals surface area contributed by atoms with Gasteiger partial charge >= 0.3 is 0 Å². The monoisotopic (exact) mass is 424 g/mol. The van der Waals surface area contributed by atoms with Crippen molar-refractivity contribution >= 4 is 15.9 Å². The average molecular weight is 425 g/mol. The molecule has 0 radical (unpaired) electrons. The Balaban J connectivity index is 1.98. The fraction of sp³-hybridized carbons (Fsp3) is 0.100. The Morgan fingerprint density at radius 3 is 2.70 bits per heavy atom. The smallest absolute Gasteiger partial charge is 0.244 e. The summed E-state index contributed by atoms with van der Waals surface area (Å²) in [6.07, 6.45) is 0. The number of nitrogens with zero attached hydrogens (tertiary/aromatic N) is 2. The van der Waals surface area contributed by atoms with E-state index >= 15 is 0 Å². The van der Waals surface area contributed by atoms with E-state index in [1.807, 2.05) is 31.2 Å². The number of aromatic nitrogens is 2. The molecule has 0 spiro atoms. The van der Waals surface area contributed by atoms with Crippen LogP contribution in [0.15, 0.2) is 58.4 Å². The lowest BCUT2D eigenvalue weighted by atomic mass is 9.82. The van der Waals surface area contributed by atoms with Crippen LogP contribution in [0, 0.1) is 24.1 Å². The minimum atomic E-state index is -0.730. The van der Waals surface area contributed by atoms with Crippen LogP contribution < -0.4 is 10.5 Å². The number of benzene rings is 2. The van der Waals surface area contributed by atoms with Crippen LogP contribution >= 0.6 is 15.9 Å². The highest BCUT2D eigenvalue weighted by Crippen LogP contribution is 2.46. The molecule has 2 aromatic carbocycles. The lowest BCUT2D eigenvalue weighted by Gasteiger charge is -2.24. The molecule has 0 aliphatic carbocycles. The van der Waals surface area contributed by atoms with Crippen molar-refractivity contribution in [3.8, 4) is 23.2 Å². The fourth-order valence-corrected chi connectivity index (χ4v) is 3.61. The Kier molecular flexibility index (Phi) is 4.21. The minimum Gasteiger partial charge on any atom is -0.420 e. The zero-order valence-corrected chi connectivity index (χ0v) is 15.8. The molecule has 7 heteroatoms. The Morgan fingerprint density at radius 2 is 2.00 bits per heavy atom. The largest absolute Gasteiger partial charge is 0.420 e. The van der Waals surface area contributed by atoms with E-state index in [1.165, 1.54) is 6.07 Å². The second-order valence-electron chi connectivity index (χ2n) is 6.27. The molecule has 0 saturated heterocycles. The van der Waals surface area contributed by atoms with Crippen molar-refractivity contribution in [3.05, 3.63) is 80.9 Å². The molecule has 4 rings (SSSR count). The maximum Gasteiger partial charge on any atom is 0.244 e. The maximum atomic E-state index is 14.7. The van der Waals surface area contributed by atoms with Crippen molar-refractivity contribution in [1.29, 1.82) is 5.26 Å². The zero-order valence-electron chi connectivity index (χ0n) is 14.3. The molecule has 3 aromatic rings. The molecule has 0 bridgehead atoms. The summed E-state index contributed by atoms with van der Waals surface area (Å²) in [7, 11) is 0. The van der Waals surface area contributed by atoms with Gasteiger partial charge in [-0.25, -0.2) is 4.39 Å². The Hall–Kier alpha value is -3.11. The van der Waals surface area contributed by atoms with Gasteiger partial charge in [-0.2, -0.15) is 5.26 Å². The van der Waals surface area contributed by atoms with Gasteiger partial charge in [0.05, 0.1) is 17.2 Å². The number of halogens is 2. The van der Waals surface area contributed by atoms with Gasteiger partial charge in [0, 0.05) is 15.6 Å². The van der Waals surface area contributed by atoms with Crippen LogP contribution in [-0.2, 0) is 0 Å². The molecule has 5 nitrogen and oxygen atoms in total. The van der Waals surface area contributed by atoms with Gasteiger partial charge in [0.2, 0.25) is 11.8 Å². The molecule has 0 amide bonds. The van der Waals surface area contributed by atoms with E-state index in [-0.39, 0.29) is 17.3 Å². The number of nitrogens with one attached hydrogen (secondary N) is 1. The molecule has 1 aliphatic rings. The normalized spacial score (nSPS) is 15.9. The van der Waals surface area contributed by atoms with Gasteiger partial charge in [-0.3, -0.25) is 5.10 Å². The maximum absolute atomic E-state index is 14.7. The van der Waals surface area contributed by atoms with Gasteiger partial charge in [-0.15, -0.1) is 5.10 Å². The van der Waals surface area contributed by atoms with Gasteiger partial charge in [0.15, 0.2) is 0 Å². The quantitative estimate of drug-likeness (QED) is 0.633. The van der Waals surface area contributed by atoms with Gasteiger partial charge in [0.25, 0.3) is 0 Å². The number of nitrogens with two attached hydrogens (primary N) is 1. The number of ether oxygens (including phenoxy) is 1. The summed E-state index contributed by atoms with van der Waals surface area (Å²) in [5, 5.41) is 16.8. The highest BCUT2D eigenvalue weighted by molar-refractivity contribution is 9.10. The highest BCUT2D eigenvalue weighted by atomic mass is 79.9. The predicted molar refractivity (Wildman–Crippen MR) is 102 cm³/mol. The summed E-state index contributed by atoms with van der Waals surface area (Å²) in [5.41, 5.74) is 9.62. The topological polar surface area (TPSA) is 87.7 Å². The van der Waals surface area contributed by atoms with Crippen molar-refractivity contribution in [2.24, 2.45) is 5.73 Å². The van der Waals surface area contributed by atoms with E-state index in [2.05, 4.69) is 32.2 Å². The second-order valence-corrected chi connectivity index (χ2v) is 7.19. The van der Waals surface area contributed by atoms with Crippen LogP contribution in [0.4, 0.5) is 4.39 Å². The predicted octanol–water partition coefficient (Wildman–Crippen LogP) is 4.50. The number of allylic oxidation sites excluding steroid dienone is 1. The number of H-pyrrole nitrogens is 1. The first-order valence-corrected chi connectivity index (χ1v) is 8.96. The molecule has 0 saturated carbocycles. The van der Waals surface area contributed by atoms with Gasteiger partial charge in [-0.05, 0) is 25.1 Å². The third-order valence-corrected chi connectivity index (χ3v) is 5.04. The van der Waals surface area contributed by atoms with Crippen molar-refractivity contribution in [1.82, 2.24) is 10.2 Å². The summed E-state index contributed by atoms with van der Waals surface area (Å²) in [5.74, 6) is -0.998. The number of aromatic amines is 1. The number of hydrogen-bond donors (Lipinski definition) is 2. The number of hydrogen-bond acceptors (Lipinski definition) is 4. The highest BCUT2D eigenvalue weighted by Gasteiger charge is 2.37. The summed E-state index contributed by atoms with van der Waals surface area (Å²) in [4.78, 5) is 0. The molecular weight excluding hydrogens is 411 g/mol. The third kappa shape index (κ3) is 2.88. The molecule has 134 valence electrons. The third-order valence-electron chi connectivity index (χ3n) is 4.55. The zero-order chi connectivity index (χ0) is 19.1. The summed E-state index contributed by atoms with van der Waals surface area (Å²) in [6.45, 7) is 1.99. The molecule has 27 heavy (non-hydrogen) atoms. The molecule has 0 unspecified atom stereocenters. The number of nitriles is 1. The molecule has 3 N–H and O–H groups in total. The van der Waals surface area contributed by atoms with Crippen molar-refractivity contribution < 1.29 is 9.13 Å². The Labute approximate surface area is 163 Å². The first-order valence-electron chi connectivity index (χ1n) is 8.17. The van der Waals surface area contributed by atoms with Crippen molar-refractivity contribution in [2.45, 2.75) is 12.8 Å². The minimum absolute atomic E-state index is 0.0728. The van der Waals surface area contributed by atoms with E-state index in [1.54, 1.807) is 12.1 Å². The molecule has 1 aliphatic heterocycles. The van der Waals surface area contributed by atoms with Crippen molar-refractivity contribution in [3.63, 3.8) is 0 Å². The lowest BCUT2D eigenvalue weighted by Crippen LogP contribution is -2.21. The van der Waals surface area contributed by atoms with Crippen LogP contribution in [-0.4, -0.2) is 10.2 Å². The van der Waals surface area contributed by atoms with Crippen LogP contribution in [0.25, 0.3) is 11.3 Å². The summed E-state index contributed by atoms with van der Waals surface area (Å²) in [6, 6.07) is 14.5. The summed E-state index contributed by atoms with van der Waals surface area (Å²) >= 11 is 3.37. The number of rotatable bonds is 2. The number of fused-ring (bicyclic) bond motifs is 1. The van der Waals surface area contributed by atoms with E-state index in [0.717, 1.165) is 11.1 Å². The first kappa shape index (κ1) is 17.3. The molecule has 2 heterocycles.